The van der Waals surface area contributed by atoms with Gasteiger partial charge in [0.25, 0.3) is 0 Å². The van der Waals surface area contributed by atoms with Crippen LogP contribution in [-0.4, -0.2) is 81.7 Å². The third-order valence-corrected chi connectivity index (χ3v) is 9.64. The molecule has 1 aromatic heterocycles. The van der Waals surface area contributed by atoms with E-state index in [0.29, 0.717) is 37.2 Å². The molecule has 0 spiro atoms. The molecule has 3 aliphatic rings. The van der Waals surface area contributed by atoms with Crippen LogP contribution in [0.5, 0.6) is 5.75 Å². The Morgan fingerprint density at radius 1 is 1.13 bits per heavy atom. The van der Waals surface area contributed by atoms with Crippen molar-refractivity contribution in [3.8, 4) is 5.75 Å². The van der Waals surface area contributed by atoms with E-state index in [4.69, 9.17) is 14.5 Å². The highest BCUT2D eigenvalue weighted by Crippen LogP contribution is 2.32. The zero-order valence-corrected chi connectivity index (χ0v) is 23.6. The van der Waals surface area contributed by atoms with Gasteiger partial charge in [0.15, 0.2) is 0 Å². The smallest absolute Gasteiger partial charge is 0.243 e. The minimum atomic E-state index is -3.59. The van der Waals surface area contributed by atoms with E-state index in [9.17, 15) is 8.42 Å². The van der Waals surface area contributed by atoms with E-state index in [-0.39, 0.29) is 4.90 Å². The molecular weight excluding hydrogens is 500 g/mol. The molecule has 2 aliphatic heterocycles. The lowest BCUT2D eigenvalue weighted by molar-refractivity contribution is 0.00610. The molecule has 1 aromatic carbocycles. The second kappa shape index (κ2) is 11.7. The Kier molecular flexibility index (Phi) is 8.38. The molecule has 0 saturated carbocycles. The summed E-state index contributed by atoms with van der Waals surface area (Å²) < 4.78 is 39.8. The molecule has 0 bridgehead atoms. The standard InChI is InChI=1S/C29H40N4O4S/c1-21(2)20-30-28-18-23(31-27-6-4-5-26(27)28)17-22-7-8-25(19-29(22)36-3)38(34,35)33-11-9-24(10-12-33)32-13-15-37-16-14-32/h4-5,7-8,18-19,21,24H,6,9-17,20H2,1-3H3,(H,30,31). The summed E-state index contributed by atoms with van der Waals surface area (Å²) in [6.07, 6.45) is 7.37. The lowest BCUT2D eigenvalue weighted by Crippen LogP contribution is -2.50. The number of sulfonamides is 1. The monoisotopic (exact) mass is 540 g/mol. The van der Waals surface area contributed by atoms with Crippen LogP contribution < -0.4 is 10.1 Å². The molecule has 5 rings (SSSR count). The fourth-order valence-corrected chi connectivity index (χ4v) is 7.10. The Morgan fingerprint density at radius 3 is 2.61 bits per heavy atom. The quantitative estimate of drug-likeness (QED) is 0.518. The summed E-state index contributed by atoms with van der Waals surface area (Å²) in [5, 5.41) is 3.57. The van der Waals surface area contributed by atoms with E-state index in [0.717, 1.165) is 74.7 Å². The number of allylic oxidation sites excluding steroid dienone is 1. The molecule has 0 atom stereocenters. The molecule has 0 radical (unpaired) electrons. The van der Waals surface area contributed by atoms with Gasteiger partial charge in [-0.25, -0.2) is 8.42 Å². The van der Waals surface area contributed by atoms with Gasteiger partial charge in [0.1, 0.15) is 5.75 Å². The number of fused-ring (bicyclic) bond motifs is 1. The summed E-state index contributed by atoms with van der Waals surface area (Å²) in [6, 6.07) is 7.80. The first-order valence-corrected chi connectivity index (χ1v) is 15.2. The van der Waals surface area contributed by atoms with Crippen molar-refractivity contribution >= 4 is 21.8 Å². The van der Waals surface area contributed by atoms with Crippen LogP contribution in [0.2, 0.25) is 0 Å². The number of hydrogen-bond acceptors (Lipinski definition) is 7. The van der Waals surface area contributed by atoms with E-state index in [2.05, 4.69) is 42.3 Å². The Bertz CT molecular complexity index is 1260. The van der Waals surface area contributed by atoms with E-state index >= 15 is 0 Å². The van der Waals surface area contributed by atoms with Crippen molar-refractivity contribution < 1.29 is 17.9 Å². The Hall–Kier alpha value is -2.46. The minimum absolute atomic E-state index is 0.285. The first kappa shape index (κ1) is 27.1. The number of nitrogens with zero attached hydrogens (tertiary/aromatic N) is 3. The van der Waals surface area contributed by atoms with Crippen molar-refractivity contribution in [1.29, 1.82) is 0 Å². The van der Waals surface area contributed by atoms with E-state index in [1.807, 2.05) is 6.07 Å². The SMILES string of the molecule is COc1cc(S(=O)(=O)N2CCC(N3CCOCC3)CC2)ccc1Cc1cc(NCC(C)C)c2c(n1)CC=C2. The van der Waals surface area contributed by atoms with Crippen molar-refractivity contribution in [2.24, 2.45) is 5.92 Å². The molecular formula is C29H40N4O4S. The number of hydrogen-bond donors (Lipinski definition) is 1. The van der Waals surface area contributed by atoms with Gasteiger partial charge in [0.05, 0.1) is 30.9 Å². The van der Waals surface area contributed by atoms with Gasteiger partial charge in [-0.05, 0) is 30.9 Å². The molecule has 9 heteroatoms. The van der Waals surface area contributed by atoms with Gasteiger partial charge in [0, 0.05) is 80.2 Å². The summed E-state index contributed by atoms with van der Waals surface area (Å²) in [5.74, 6) is 1.11. The minimum Gasteiger partial charge on any atom is -0.496 e. The maximum atomic E-state index is 13.5. The zero-order chi connectivity index (χ0) is 26.7. The van der Waals surface area contributed by atoms with E-state index in [1.54, 1.807) is 23.5 Å². The molecule has 38 heavy (non-hydrogen) atoms. The normalized spacial score (nSPS) is 19.2. The van der Waals surface area contributed by atoms with Crippen molar-refractivity contribution in [2.75, 3.05) is 58.4 Å². The summed E-state index contributed by atoms with van der Waals surface area (Å²) in [6.45, 7) is 9.74. The Balaban J connectivity index is 1.30. The molecule has 2 aromatic rings. The largest absolute Gasteiger partial charge is 0.496 e. The fourth-order valence-electron chi connectivity index (χ4n) is 5.61. The van der Waals surface area contributed by atoms with Crippen molar-refractivity contribution in [3.63, 3.8) is 0 Å². The molecule has 0 unspecified atom stereocenters. The lowest BCUT2D eigenvalue weighted by atomic mass is 10.0. The number of benzene rings is 1. The van der Waals surface area contributed by atoms with Crippen LogP contribution in [0.15, 0.2) is 35.2 Å². The Morgan fingerprint density at radius 2 is 1.89 bits per heavy atom. The number of rotatable bonds is 9. The highest BCUT2D eigenvalue weighted by Gasteiger charge is 2.32. The predicted molar refractivity (Wildman–Crippen MR) is 150 cm³/mol. The van der Waals surface area contributed by atoms with Crippen molar-refractivity contribution in [3.05, 3.63) is 52.9 Å². The number of pyridine rings is 1. The van der Waals surface area contributed by atoms with Crippen LogP contribution in [0.3, 0.4) is 0 Å². The molecule has 1 N–H and O–H groups in total. The van der Waals surface area contributed by atoms with Crippen LogP contribution >= 0.6 is 0 Å². The Labute approximate surface area is 227 Å². The number of ether oxygens (including phenoxy) is 2. The van der Waals surface area contributed by atoms with Gasteiger partial charge in [-0.1, -0.05) is 32.1 Å². The van der Waals surface area contributed by atoms with Gasteiger partial charge >= 0.3 is 0 Å². The summed E-state index contributed by atoms with van der Waals surface area (Å²) in [7, 11) is -2.00. The summed E-state index contributed by atoms with van der Waals surface area (Å²) in [4.78, 5) is 7.63. The second-order valence-corrected chi connectivity index (χ2v) is 12.8. The molecule has 2 fully saturated rings. The van der Waals surface area contributed by atoms with Crippen LogP contribution in [0, 0.1) is 5.92 Å². The number of nitrogens with one attached hydrogen (secondary N) is 1. The molecule has 3 heterocycles. The maximum Gasteiger partial charge on any atom is 0.243 e. The number of methoxy groups -OCH3 is 1. The van der Waals surface area contributed by atoms with Gasteiger partial charge < -0.3 is 14.8 Å². The van der Waals surface area contributed by atoms with Crippen LogP contribution in [0.25, 0.3) is 6.08 Å². The number of anilines is 1. The summed E-state index contributed by atoms with van der Waals surface area (Å²) >= 11 is 0. The van der Waals surface area contributed by atoms with E-state index < -0.39 is 10.0 Å². The van der Waals surface area contributed by atoms with Crippen LogP contribution in [0.1, 0.15) is 49.2 Å². The lowest BCUT2D eigenvalue weighted by Gasteiger charge is -2.39. The number of morpholine rings is 1. The van der Waals surface area contributed by atoms with Gasteiger partial charge in [0.2, 0.25) is 10.0 Å². The van der Waals surface area contributed by atoms with Gasteiger partial charge in [-0.15, -0.1) is 0 Å². The molecule has 0 amide bonds. The van der Waals surface area contributed by atoms with Crippen LogP contribution in [0.4, 0.5) is 5.69 Å². The highest BCUT2D eigenvalue weighted by molar-refractivity contribution is 7.89. The number of aromatic nitrogens is 1. The van der Waals surface area contributed by atoms with Gasteiger partial charge in [-0.3, -0.25) is 9.88 Å². The van der Waals surface area contributed by atoms with Crippen LogP contribution in [-0.2, 0) is 27.6 Å². The fraction of sp³-hybridized carbons (Fsp3) is 0.552. The second-order valence-electron chi connectivity index (χ2n) is 10.8. The van der Waals surface area contributed by atoms with E-state index in [1.165, 1.54) is 5.56 Å². The molecule has 206 valence electrons. The molecule has 2 saturated heterocycles. The average molecular weight is 541 g/mol. The molecule has 8 nitrogen and oxygen atoms in total. The van der Waals surface area contributed by atoms with Crippen molar-refractivity contribution in [2.45, 2.75) is 50.5 Å². The maximum absolute atomic E-state index is 13.5. The predicted octanol–water partition coefficient (Wildman–Crippen LogP) is 3.80. The highest BCUT2D eigenvalue weighted by atomic mass is 32.2. The first-order valence-electron chi connectivity index (χ1n) is 13.8. The first-order chi connectivity index (χ1) is 18.3. The average Bonchev–Trinajstić information content (AvgIpc) is 3.41. The number of piperidine rings is 1. The zero-order valence-electron chi connectivity index (χ0n) is 22.8. The molecule has 1 aliphatic carbocycles. The third-order valence-electron chi connectivity index (χ3n) is 7.74. The topological polar surface area (TPSA) is 84.0 Å². The van der Waals surface area contributed by atoms with Gasteiger partial charge in [-0.2, -0.15) is 4.31 Å². The summed E-state index contributed by atoms with van der Waals surface area (Å²) in [5.41, 5.74) is 5.21. The van der Waals surface area contributed by atoms with Crippen molar-refractivity contribution in [1.82, 2.24) is 14.2 Å². The third kappa shape index (κ3) is 5.91.